The van der Waals surface area contributed by atoms with Crippen molar-refractivity contribution in [1.29, 1.82) is 0 Å². The molecule has 0 amide bonds. The molecule has 76 valence electrons. The molecule has 0 spiro atoms. The second kappa shape index (κ2) is 4.80. The number of aromatic amines is 1. The summed E-state index contributed by atoms with van der Waals surface area (Å²) < 4.78 is 0. The molecule has 1 aromatic rings. The Morgan fingerprint density at radius 3 is 2.79 bits per heavy atom. The fourth-order valence-corrected chi connectivity index (χ4v) is 1.57. The molecule has 0 radical (unpaired) electrons. The largest absolute Gasteiger partial charge is 0.278 e. The predicted octanol–water partition coefficient (Wildman–Crippen LogP) is 3.65. The third-order valence-corrected chi connectivity index (χ3v) is 2.29. The summed E-state index contributed by atoms with van der Waals surface area (Å²) in [5.41, 5.74) is 4.93. The van der Waals surface area contributed by atoms with Gasteiger partial charge in [0, 0.05) is 5.56 Å². The number of nitrogens with one attached hydrogen (secondary N) is 1. The zero-order chi connectivity index (χ0) is 10.6. The molecule has 1 rings (SSSR count). The van der Waals surface area contributed by atoms with Crippen LogP contribution in [0.1, 0.15) is 44.9 Å². The van der Waals surface area contributed by atoms with Gasteiger partial charge in [0.05, 0.1) is 11.9 Å². The highest BCUT2D eigenvalue weighted by Gasteiger charge is 2.08. The topological polar surface area (TPSA) is 28.7 Å². The van der Waals surface area contributed by atoms with Crippen molar-refractivity contribution < 1.29 is 0 Å². The van der Waals surface area contributed by atoms with Crippen molar-refractivity contribution in [2.24, 2.45) is 0 Å². The molecule has 1 N–H and O–H groups in total. The lowest BCUT2D eigenvalue weighted by Crippen LogP contribution is -1.90. The van der Waals surface area contributed by atoms with Crippen molar-refractivity contribution in [2.75, 3.05) is 0 Å². The minimum atomic E-state index is 1.09. The summed E-state index contributed by atoms with van der Waals surface area (Å²) in [7, 11) is 0. The molecule has 0 bridgehead atoms. The molecule has 0 unspecified atom stereocenters. The Balaban J connectivity index is 3.12. The summed E-state index contributed by atoms with van der Waals surface area (Å²) in [4.78, 5) is 0. The van der Waals surface area contributed by atoms with Crippen molar-refractivity contribution in [3.63, 3.8) is 0 Å². The molecule has 0 saturated heterocycles. The van der Waals surface area contributed by atoms with Gasteiger partial charge in [-0.05, 0) is 25.8 Å². The van der Waals surface area contributed by atoms with Crippen LogP contribution in [0.25, 0.3) is 11.6 Å². The van der Waals surface area contributed by atoms with E-state index in [1.165, 1.54) is 11.1 Å². The highest BCUT2D eigenvalue weighted by molar-refractivity contribution is 5.72. The summed E-state index contributed by atoms with van der Waals surface area (Å²) in [6, 6.07) is 0. The van der Waals surface area contributed by atoms with Gasteiger partial charge in [-0.25, -0.2) is 0 Å². The van der Waals surface area contributed by atoms with Gasteiger partial charge in [-0.15, -0.1) is 0 Å². The van der Waals surface area contributed by atoms with Crippen molar-refractivity contribution in [2.45, 2.75) is 33.6 Å². The van der Waals surface area contributed by atoms with Crippen LogP contribution in [0.5, 0.6) is 0 Å². The van der Waals surface area contributed by atoms with E-state index in [0.29, 0.717) is 0 Å². The summed E-state index contributed by atoms with van der Waals surface area (Å²) >= 11 is 0. The Labute approximate surface area is 85.7 Å². The number of rotatable bonds is 4. The number of hydrogen-bond acceptors (Lipinski definition) is 1. The first-order valence-corrected chi connectivity index (χ1v) is 5.03. The SMILES string of the molecule is C=Cc1cn[nH]c1C(CCC)=C(C)C. The first kappa shape index (κ1) is 10.8. The average Bonchev–Trinajstić information content (AvgIpc) is 2.61. The number of hydrogen-bond donors (Lipinski definition) is 1. The van der Waals surface area contributed by atoms with Crippen molar-refractivity contribution >= 4 is 11.6 Å². The average molecular weight is 190 g/mol. The molecule has 14 heavy (non-hydrogen) atoms. The minimum Gasteiger partial charge on any atom is -0.278 e. The Kier molecular flexibility index (Phi) is 3.69. The maximum absolute atomic E-state index is 4.05. The quantitative estimate of drug-likeness (QED) is 0.771. The Morgan fingerprint density at radius 1 is 1.57 bits per heavy atom. The van der Waals surface area contributed by atoms with Gasteiger partial charge < -0.3 is 0 Å². The Hall–Kier alpha value is -1.31. The Bertz CT molecular complexity index is 341. The zero-order valence-corrected chi connectivity index (χ0v) is 9.22. The fourth-order valence-electron chi connectivity index (χ4n) is 1.57. The second-order valence-corrected chi connectivity index (χ2v) is 3.63. The van der Waals surface area contributed by atoms with Crippen LogP contribution in [0.2, 0.25) is 0 Å². The van der Waals surface area contributed by atoms with Crippen molar-refractivity contribution in [3.8, 4) is 0 Å². The molecule has 0 aliphatic rings. The van der Waals surface area contributed by atoms with E-state index in [1.807, 2.05) is 12.3 Å². The number of nitrogens with zero attached hydrogens (tertiary/aromatic N) is 1. The fraction of sp³-hybridized carbons (Fsp3) is 0.417. The summed E-state index contributed by atoms with van der Waals surface area (Å²) in [5, 5.41) is 7.09. The molecule has 0 aliphatic carbocycles. The van der Waals surface area contributed by atoms with E-state index >= 15 is 0 Å². The van der Waals surface area contributed by atoms with Gasteiger partial charge in [-0.2, -0.15) is 5.10 Å². The van der Waals surface area contributed by atoms with Crippen LogP contribution in [0.15, 0.2) is 18.3 Å². The van der Waals surface area contributed by atoms with Gasteiger partial charge in [-0.3, -0.25) is 5.10 Å². The van der Waals surface area contributed by atoms with Crippen LogP contribution in [0, 0.1) is 0 Å². The highest BCUT2D eigenvalue weighted by Crippen LogP contribution is 2.25. The molecule has 1 heterocycles. The van der Waals surface area contributed by atoms with Crippen LogP contribution < -0.4 is 0 Å². The first-order chi connectivity index (χ1) is 6.70. The van der Waals surface area contributed by atoms with E-state index in [2.05, 4.69) is 37.5 Å². The predicted molar refractivity (Wildman–Crippen MR) is 61.9 cm³/mol. The Morgan fingerprint density at radius 2 is 2.29 bits per heavy atom. The molecular formula is C12H18N2. The normalized spacial score (nSPS) is 9.93. The molecule has 0 atom stereocenters. The summed E-state index contributed by atoms with van der Waals surface area (Å²) in [6.07, 6.45) is 5.90. The zero-order valence-electron chi connectivity index (χ0n) is 9.22. The second-order valence-electron chi connectivity index (χ2n) is 3.63. The van der Waals surface area contributed by atoms with Gasteiger partial charge in [0.2, 0.25) is 0 Å². The maximum Gasteiger partial charge on any atom is 0.0681 e. The standard InChI is InChI=1S/C12H18N2/c1-5-7-11(9(3)4)12-10(6-2)8-13-14-12/h6,8H,2,5,7H2,1,3-4H3,(H,13,14). The highest BCUT2D eigenvalue weighted by atomic mass is 15.1. The molecule has 2 heteroatoms. The molecule has 0 aromatic carbocycles. The monoisotopic (exact) mass is 190 g/mol. The van der Waals surface area contributed by atoms with Crippen molar-refractivity contribution in [1.82, 2.24) is 10.2 Å². The van der Waals surface area contributed by atoms with E-state index in [-0.39, 0.29) is 0 Å². The van der Waals surface area contributed by atoms with Crippen LogP contribution in [0.4, 0.5) is 0 Å². The maximum atomic E-state index is 4.05. The summed E-state index contributed by atoms with van der Waals surface area (Å²) in [6.45, 7) is 10.2. The summed E-state index contributed by atoms with van der Waals surface area (Å²) in [5.74, 6) is 0. The van der Waals surface area contributed by atoms with E-state index < -0.39 is 0 Å². The van der Waals surface area contributed by atoms with Crippen molar-refractivity contribution in [3.05, 3.63) is 29.6 Å². The van der Waals surface area contributed by atoms with E-state index in [0.717, 1.165) is 24.1 Å². The van der Waals surface area contributed by atoms with Crippen LogP contribution >= 0.6 is 0 Å². The smallest absolute Gasteiger partial charge is 0.0681 e. The van der Waals surface area contributed by atoms with Gasteiger partial charge in [-0.1, -0.05) is 31.6 Å². The van der Waals surface area contributed by atoms with Crippen LogP contribution in [0.3, 0.4) is 0 Å². The molecule has 1 aromatic heterocycles. The van der Waals surface area contributed by atoms with E-state index in [4.69, 9.17) is 0 Å². The number of aromatic nitrogens is 2. The van der Waals surface area contributed by atoms with Gasteiger partial charge in [0.1, 0.15) is 0 Å². The lowest BCUT2D eigenvalue weighted by molar-refractivity contribution is 0.948. The third-order valence-electron chi connectivity index (χ3n) is 2.29. The third kappa shape index (κ3) is 2.13. The van der Waals surface area contributed by atoms with E-state index in [9.17, 15) is 0 Å². The molecule has 0 saturated carbocycles. The number of allylic oxidation sites excluding steroid dienone is 2. The van der Waals surface area contributed by atoms with Gasteiger partial charge in [0.15, 0.2) is 0 Å². The van der Waals surface area contributed by atoms with E-state index in [1.54, 1.807) is 0 Å². The van der Waals surface area contributed by atoms with Gasteiger partial charge >= 0.3 is 0 Å². The molecule has 0 fully saturated rings. The van der Waals surface area contributed by atoms with Crippen LogP contribution in [-0.4, -0.2) is 10.2 Å². The molecular weight excluding hydrogens is 172 g/mol. The minimum absolute atomic E-state index is 1.09. The lowest BCUT2D eigenvalue weighted by Gasteiger charge is -2.07. The first-order valence-electron chi connectivity index (χ1n) is 5.03. The van der Waals surface area contributed by atoms with Gasteiger partial charge in [0.25, 0.3) is 0 Å². The molecule has 2 nitrogen and oxygen atoms in total. The molecule has 0 aliphatic heterocycles. The number of H-pyrrole nitrogens is 1. The lowest BCUT2D eigenvalue weighted by atomic mass is 9.99. The van der Waals surface area contributed by atoms with Crippen LogP contribution in [-0.2, 0) is 0 Å².